The van der Waals surface area contributed by atoms with Crippen LogP contribution >= 0.6 is 0 Å². The summed E-state index contributed by atoms with van der Waals surface area (Å²) in [4.78, 5) is 14.1. The van der Waals surface area contributed by atoms with Crippen LogP contribution in [0.1, 0.15) is 17.5 Å². The summed E-state index contributed by atoms with van der Waals surface area (Å²) in [6.45, 7) is 0.799. The highest BCUT2D eigenvalue weighted by Crippen LogP contribution is 2.32. The van der Waals surface area contributed by atoms with Gasteiger partial charge in [0.2, 0.25) is 12.7 Å². The molecule has 1 aliphatic heterocycles. The maximum absolute atomic E-state index is 12.4. The summed E-state index contributed by atoms with van der Waals surface area (Å²) in [5.74, 6) is 2.41. The van der Waals surface area contributed by atoms with Crippen molar-refractivity contribution >= 4 is 5.91 Å². The molecule has 1 amide bonds. The predicted octanol–water partition coefficient (Wildman–Crippen LogP) is 3.02. The van der Waals surface area contributed by atoms with Crippen molar-refractivity contribution in [3.8, 4) is 17.2 Å². The summed E-state index contributed by atoms with van der Waals surface area (Å²) < 4.78 is 16.0. The van der Waals surface area contributed by atoms with E-state index in [0.717, 1.165) is 28.4 Å². The molecule has 1 aliphatic rings. The third kappa shape index (κ3) is 3.62. The third-order valence-electron chi connectivity index (χ3n) is 4.08. The van der Waals surface area contributed by atoms with Gasteiger partial charge in [0.15, 0.2) is 11.5 Å². The quantitative estimate of drug-likeness (QED) is 0.818. The van der Waals surface area contributed by atoms with Gasteiger partial charge in [0.05, 0.1) is 7.11 Å². The number of benzene rings is 2. The Kier molecular flexibility index (Phi) is 4.89. The largest absolute Gasteiger partial charge is 0.496 e. The van der Waals surface area contributed by atoms with Gasteiger partial charge in [-0.25, -0.2) is 0 Å². The fraction of sp³-hybridized carbons (Fsp3) is 0.316. The van der Waals surface area contributed by atoms with Gasteiger partial charge in [-0.15, -0.1) is 0 Å². The van der Waals surface area contributed by atoms with Gasteiger partial charge in [-0.05, 0) is 35.7 Å². The summed E-state index contributed by atoms with van der Waals surface area (Å²) >= 11 is 0. The Balaban J connectivity index is 1.57. The van der Waals surface area contributed by atoms with Gasteiger partial charge < -0.3 is 19.1 Å². The normalized spacial score (nSPS) is 12.1. The molecule has 126 valence electrons. The topological polar surface area (TPSA) is 48.0 Å². The number of aryl methyl sites for hydroxylation is 1. The van der Waals surface area contributed by atoms with Crippen LogP contribution in [0, 0.1) is 0 Å². The summed E-state index contributed by atoms with van der Waals surface area (Å²) in [7, 11) is 3.46. The summed E-state index contributed by atoms with van der Waals surface area (Å²) in [6, 6.07) is 13.5. The number of rotatable bonds is 6. The Morgan fingerprint density at radius 3 is 2.79 bits per heavy atom. The Morgan fingerprint density at radius 2 is 1.96 bits per heavy atom. The fourth-order valence-electron chi connectivity index (χ4n) is 2.74. The van der Waals surface area contributed by atoms with Crippen LogP contribution in [0.25, 0.3) is 0 Å². The maximum atomic E-state index is 12.4. The van der Waals surface area contributed by atoms with Crippen molar-refractivity contribution in [2.45, 2.75) is 19.4 Å². The van der Waals surface area contributed by atoms with E-state index in [4.69, 9.17) is 14.2 Å². The average Bonchev–Trinajstić information content (AvgIpc) is 3.07. The molecule has 1 heterocycles. The number of carbonyl (C=O) groups is 1. The van der Waals surface area contributed by atoms with E-state index in [9.17, 15) is 4.79 Å². The summed E-state index contributed by atoms with van der Waals surface area (Å²) in [6.07, 6.45) is 1.11. The first-order valence-electron chi connectivity index (χ1n) is 7.92. The number of para-hydroxylation sites is 1. The zero-order valence-corrected chi connectivity index (χ0v) is 14.0. The third-order valence-corrected chi connectivity index (χ3v) is 4.08. The second kappa shape index (κ2) is 7.25. The first-order valence-corrected chi connectivity index (χ1v) is 7.92. The molecule has 2 aromatic carbocycles. The van der Waals surface area contributed by atoms with E-state index in [0.29, 0.717) is 19.4 Å². The highest BCUT2D eigenvalue weighted by atomic mass is 16.7. The minimum absolute atomic E-state index is 0.0959. The second-order valence-electron chi connectivity index (χ2n) is 5.75. The summed E-state index contributed by atoms with van der Waals surface area (Å²) in [5, 5.41) is 0. The van der Waals surface area contributed by atoms with Gasteiger partial charge >= 0.3 is 0 Å². The van der Waals surface area contributed by atoms with Crippen molar-refractivity contribution in [3.05, 3.63) is 53.6 Å². The molecule has 3 rings (SSSR count). The highest BCUT2D eigenvalue weighted by Gasteiger charge is 2.15. The van der Waals surface area contributed by atoms with Crippen LogP contribution in [0.4, 0.5) is 0 Å². The lowest BCUT2D eigenvalue weighted by molar-refractivity contribution is -0.130. The molecule has 0 bridgehead atoms. The van der Waals surface area contributed by atoms with Crippen molar-refractivity contribution in [2.24, 2.45) is 0 Å². The predicted molar refractivity (Wildman–Crippen MR) is 90.4 cm³/mol. The Morgan fingerprint density at radius 1 is 1.17 bits per heavy atom. The van der Waals surface area contributed by atoms with Crippen LogP contribution < -0.4 is 14.2 Å². The maximum Gasteiger partial charge on any atom is 0.231 e. The fourth-order valence-corrected chi connectivity index (χ4v) is 2.74. The van der Waals surface area contributed by atoms with Crippen molar-refractivity contribution in [1.29, 1.82) is 0 Å². The van der Waals surface area contributed by atoms with Crippen LogP contribution in [0.3, 0.4) is 0 Å². The molecule has 0 spiro atoms. The van der Waals surface area contributed by atoms with E-state index >= 15 is 0 Å². The molecule has 0 radical (unpaired) electrons. The lowest BCUT2D eigenvalue weighted by Crippen LogP contribution is -2.26. The lowest BCUT2D eigenvalue weighted by atomic mass is 10.1. The Labute approximate surface area is 141 Å². The van der Waals surface area contributed by atoms with E-state index in [1.54, 1.807) is 12.0 Å². The minimum atomic E-state index is 0.0959. The number of fused-ring (bicyclic) bond motifs is 1. The molecule has 0 aliphatic carbocycles. The minimum Gasteiger partial charge on any atom is -0.496 e. The lowest BCUT2D eigenvalue weighted by Gasteiger charge is -2.18. The standard InChI is InChI=1S/C19H21NO4/c1-20(12-14-7-9-17-18(11-14)24-13-23-17)19(21)10-8-15-5-3-4-6-16(15)22-2/h3-7,9,11H,8,10,12-13H2,1-2H3. The second-order valence-corrected chi connectivity index (χ2v) is 5.75. The van der Waals surface area contributed by atoms with Gasteiger partial charge in [0.25, 0.3) is 0 Å². The number of amides is 1. The van der Waals surface area contributed by atoms with E-state index in [2.05, 4.69) is 0 Å². The molecule has 24 heavy (non-hydrogen) atoms. The number of ether oxygens (including phenoxy) is 3. The molecule has 5 heteroatoms. The summed E-state index contributed by atoms with van der Waals surface area (Å²) in [5.41, 5.74) is 2.07. The number of methoxy groups -OCH3 is 1. The monoisotopic (exact) mass is 327 g/mol. The molecule has 2 aromatic rings. The van der Waals surface area contributed by atoms with E-state index < -0.39 is 0 Å². The zero-order chi connectivity index (χ0) is 16.9. The number of hydrogen-bond acceptors (Lipinski definition) is 4. The van der Waals surface area contributed by atoms with Crippen LogP contribution in [0.2, 0.25) is 0 Å². The molecule has 0 saturated heterocycles. The van der Waals surface area contributed by atoms with Crippen molar-refractivity contribution < 1.29 is 19.0 Å². The van der Waals surface area contributed by atoms with Crippen LogP contribution in [0.15, 0.2) is 42.5 Å². The molecule has 0 aromatic heterocycles. The van der Waals surface area contributed by atoms with Gasteiger partial charge in [0, 0.05) is 20.0 Å². The molecule has 0 fully saturated rings. The molecule has 0 unspecified atom stereocenters. The smallest absolute Gasteiger partial charge is 0.231 e. The van der Waals surface area contributed by atoms with Crippen LogP contribution in [0.5, 0.6) is 17.2 Å². The molecule has 0 atom stereocenters. The Hall–Kier alpha value is -2.69. The van der Waals surface area contributed by atoms with Gasteiger partial charge in [-0.1, -0.05) is 24.3 Å². The number of carbonyl (C=O) groups excluding carboxylic acids is 1. The van der Waals surface area contributed by atoms with E-state index in [-0.39, 0.29) is 12.7 Å². The van der Waals surface area contributed by atoms with Gasteiger partial charge in [-0.2, -0.15) is 0 Å². The average molecular weight is 327 g/mol. The van der Waals surface area contributed by atoms with Gasteiger partial charge in [0.1, 0.15) is 5.75 Å². The van der Waals surface area contributed by atoms with E-state index in [1.165, 1.54) is 0 Å². The van der Waals surface area contributed by atoms with E-state index in [1.807, 2.05) is 49.5 Å². The molecule has 0 saturated carbocycles. The number of hydrogen-bond donors (Lipinski definition) is 0. The van der Waals surface area contributed by atoms with Crippen molar-refractivity contribution in [2.75, 3.05) is 21.0 Å². The molecular formula is C19H21NO4. The molecule has 0 N–H and O–H groups in total. The first-order chi connectivity index (χ1) is 11.7. The number of nitrogens with zero attached hydrogens (tertiary/aromatic N) is 1. The zero-order valence-electron chi connectivity index (χ0n) is 14.0. The SMILES string of the molecule is COc1ccccc1CCC(=O)N(C)Cc1ccc2c(c1)OCO2. The highest BCUT2D eigenvalue weighted by molar-refractivity contribution is 5.76. The van der Waals surface area contributed by atoms with Crippen LogP contribution in [-0.2, 0) is 17.8 Å². The Bertz CT molecular complexity index is 729. The van der Waals surface area contributed by atoms with Crippen LogP contribution in [-0.4, -0.2) is 31.8 Å². The molecule has 5 nitrogen and oxygen atoms in total. The van der Waals surface area contributed by atoms with Gasteiger partial charge in [-0.3, -0.25) is 4.79 Å². The van der Waals surface area contributed by atoms with Crippen molar-refractivity contribution in [3.63, 3.8) is 0 Å². The first kappa shape index (κ1) is 16.2. The van der Waals surface area contributed by atoms with Crippen molar-refractivity contribution in [1.82, 2.24) is 4.90 Å². The molecular weight excluding hydrogens is 306 g/mol.